The Balaban J connectivity index is 1.73. The number of nitro benzene ring substituents is 1. The van der Waals surface area contributed by atoms with Crippen molar-refractivity contribution in [3.63, 3.8) is 0 Å². The van der Waals surface area contributed by atoms with Gasteiger partial charge in [0.25, 0.3) is 5.69 Å². The van der Waals surface area contributed by atoms with Crippen LogP contribution in [0.3, 0.4) is 0 Å². The van der Waals surface area contributed by atoms with E-state index in [2.05, 4.69) is 26.2 Å². The number of amides is 1. The molecule has 1 aromatic heterocycles. The number of anilines is 1. The number of non-ortho nitro benzene ring substituents is 1. The first-order valence-corrected chi connectivity index (χ1v) is 11.2. The van der Waals surface area contributed by atoms with Crippen LogP contribution in [0.4, 0.5) is 11.4 Å². The van der Waals surface area contributed by atoms with Crippen molar-refractivity contribution in [2.24, 2.45) is 0 Å². The zero-order chi connectivity index (χ0) is 22.5. The molecule has 0 saturated heterocycles. The van der Waals surface area contributed by atoms with Gasteiger partial charge in [-0.3, -0.25) is 14.9 Å². The maximum absolute atomic E-state index is 12.4. The molecule has 11 heteroatoms. The van der Waals surface area contributed by atoms with Crippen LogP contribution in [0.5, 0.6) is 0 Å². The van der Waals surface area contributed by atoms with Gasteiger partial charge >= 0.3 is 5.97 Å². The summed E-state index contributed by atoms with van der Waals surface area (Å²) < 4.78 is 7.42. The Kier molecular flexibility index (Phi) is 7.29. The summed E-state index contributed by atoms with van der Waals surface area (Å²) in [6, 6.07) is 9.32. The molecule has 0 saturated carbocycles. The minimum absolute atomic E-state index is 0.0712. The Morgan fingerprint density at radius 3 is 2.68 bits per heavy atom. The van der Waals surface area contributed by atoms with E-state index in [0.29, 0.717) is 39.5 Å². The van der Waals surface area contributed by atoms with Crippen molar-refractivity contribution in [3.05, 3.63) is 56.5 Å². The second kappa shape index (κ2) is 9.92. The highest BCUT2D eigenvalue weighted by molar-refractivity contribution is 9.10. The Bertz CT molecular complexity index is 1160. The van der Waals surface area contributed by atoms with Crippen LogP contribution in [-0.4, -0.2) is 38.7 Å². The van der Waals surface area contributed by atoms with Crippen LogP contribution >= 0.6 is 27.7 Å². The van der Waals surface area contributed by atoms with Gasteiger partial charge in [-0.15, -0.1) is 0 Å². The van der Waals surface area contributed by atoms with Crippen molar-refractivity contribution in [1.29, 1.82) is 0 Å². The average molecular weight is 507 g/mol. The van der Waals surface area contributed by atoms with Crippen LogP contribution in [0.2, 0.25) is 0 Å². The average Bonchev–Trinajstić information content (AvgIpc) is 3.10. The molecule has 0 radical (unpaired) electrons. The van der Waals surface area contributed by atoms with Gasteiger partial charge in [0.2, 0.25) is 5.91 Å². The highest BCUT2D eigenvalue weighted by Gasteiger charge is 2.16. The molecule has 9 nitrogen and oxygen atoms in total. The molecule has 0 atom stereocenters. The molecule has 1 heterocycles. The number of carbonyl (C=O) groups is 2. The van der Waals surface area contributed by atoms with Gasteiger partial charge < -0.3 is 14.6 Å². The van der Waals surface area contributed by atoms with E-state index in [1.165, 1.54) is 30.0 Å². The lowest BCUT2D eigenvalue weighted by Crippen LogP contribution is -2.15. The monoisotopic (exact) mass is 506 g/mol. The van der Waals surface area contributed by atoms with E-state index in [0.717, 1.165) is 5.52 Å². The first kappa shape index (κ1) is 22.8. The Morgan fingerprint density at radius 2 is 2.03 bits per heavy atom. The number of aromatic nitrogens is 2. The molecule has 0 aliphatic heterocycles. The van der Waals surface area contributed by atoms with Crippen LogP contribution in [0.15, 0.2) is 46.0 Å². The molecular weight excluding hydrogens is 488 g/mol. The van der Waals surface area contributed by atoms with Gasteiger partial charge in [-0.25, -0.2) is 9.78 Å². The molecule has 0 spiro atoms. The number of carbonyl (C=O) groups excluding carboxylic acids is 2. The van der Waals surface area contributed by atoms with Crippen LogP contribution < -0.4 is 5.32 Å². The topological polar surface area (TPSA) is 116 Å². The zero-order valence-corrected chi connectivity index (χ0v) is 19.2. The van der Waals surface area contributed by atoms with Crippen molar-refractivity contribution in [2.45, 2.75) is 25.5 Å². The quantitative estimate of drug-likeness (QED) is 0.204. The number of benzene rings is 2. The lowest BCUT2D eigenvalue weighted by atomic mass is 10.2. The van der Waals surface area contributed by atoms with Gasteiger partial charge in [0.05, 0.1) is 39.6 Å². The number of rotatable bonds is 8. The molecule has 0 aliphatic carbocycles. The van der Waals surface area contributed by atoms with Gasteiger partial charge in [0.1, 0.15) is 0 Å². The molecule has 0 unspecified atom stereocenters. The number of nitrogens with zero attached hydrogens (tertiary/aromatic N) is 3. The van der Waals surface area contributed by atoms with Crippen molar-refractivity contribution < 1.29 is 19.2 Å². The normalized spacial score (nSPS) is 10.8. The number of halogens is 1. The number of hydrogen-bond donors (Lipinski definition) is 1. The van der Waals surface area contributed by atoms with E-state index in [9.17, 15) is 19.7 Å². The minimum Gasteiger partial charge on any atom is -0.462 e. The van der Waals surface area contributed by atoms with Gasteiger partial charge in [-0.2, -0.15) is 0 Å². The number of nitro groups is 1. The highest BCUT2D eigenvalue weighted by atomic mass is 79.9. The minimum atomic E-state index is -0.505. The van der Waals surface area contributed by atoms with Gasteiger partial charge in [0.15, 0.2) is 5.16 Å². The molecular formula is C20H19BrN4O5S. The molecule has 0 fully saturated rings. The second-order valence-corrected chi connectivity index (χ2v) is 8.12. The molecule has 162 valence electrons. The van der Waals surface area contributed by atoms with Crippen LogP contribution in [0.1, 0.15) is 24.2 Å². The van der Waals surface area contributed by atoms with E-state index >= 15 is 0 Å². The molecule has 3 aromatic rings. The summed E-state index contributed by atoms with van der Waals surface area (Å²) in [7, 11) is 0. The number of aryl methyl sites for hydroxylation is 1. The summed E-state index contributed by atoms with van der Waals surface area (Å²) in [6.45, 7) is 4.66. The van der Waals surface area contributed by atoms with E-state index in [4.69, 9.17) is 4.74 Å². The number of ether oxygens (including phenoxy) is 1. The van der Waals surface area contributed by atoms with Crippen LogP contribution in [-0.2, 0) is 16.1 Å². The predicted molar refractivity (Wildman–Crippen MR) is 122 cm³/mol. The number of imidazole rings is 1. The first-order chi connectivity index (χ1) is 14.8. The molecule has 0 aliphatic rings. The third-order valence-electron chi connectivity index (χ3n) is 4.31. The lowest BCUT2D eigenvalue weighted by molar-refractivity contribution is -0.384. The van der Waals surface area contributed by atoms with Gasteiger partial charge in [-0.1, -0.05) is 11.8 Å². The van der Waals surface area contributed by atoms with Gasteiger partial charge in [-0.05, 0) is 54.0 Å². The predicted octanol–water partition coefficient (Wildman–Crippen LogP) is 4.63. The summed E-state index contributed by atoms with van der Waals surface area (Å²) in [5.74, 6) is -0.587. The third-order valence-corrected chi connectivity index (χ3v) is 5.94. The number of thioether (sulfide) groups is 1. The standard InChI is InChI=1S/C20H19BrN4O5S/c1-3-24-17-8-5-12(19(27)30-4-2)9-16(17)23-20(24)31-11-18(26)22-15-7-6-13(25(28)29)10-14(15)21/h5-10H,3-4,11H2,1-2H3,(H,22,26). The Hall–Kier alpha value is -2.92. The first-order valence-electron chi connectivity index (χ1n) is 9.38. The van der Waals surface area contributed by atoms with E-state index in [-0.39, 0.29) is 17.3 Å². The smallest absolute Gasteiger partial charge is 0.338 e. The summed E-state index contributed by atoms with van der Waals surface area (Å²) in [5.41, 5.74) is 2.30. The molecule has 2 aromatic carbocycles. The van der Waals surface area contributed by atoms with Crippen LogP contribution in [0.25, 0.3) is 11.0 Å². The number of esters is 1. The number of fused-ring (bicyclic) bond motifs is 1. The van der Waals surface area contributed by atoms with E-state index in [1.54, 1.807) is 19.1 Å². The summed E-state index contributed by atoms with van der Waals surface area (Å²) >= 11 is 4.50. The largest absolute Gasteiger partial charge is 0.462 e. The van der Waals surface area contributed by atoms with Crippen LogP contribution in [0, 0.1) is 10.1 Å². The highest BCUT2D eigenvalue weighted by Crippen LogP contribution is 2.28. The maximum atomic E-state index is 12.4. The summed E-state index contributed by atoms with van der Waals surface area (Å²) in [4.78, 5) is 39.3. The van der Waals surface area contributed by atoms with Crippen molar-refractivity contribution in [1.82, 2.24) is 9.55 Å². The third kappa shape index (κ3) is 5.23. The summed E-state index contributed by atoms with van der Waals surface area (Å²) in [5, 5.41) is 14.2. The van der Waals surface area contributed by atoms with Crippen molar-refractivity contribution >= 4 is 62.0 Å². The number of hydrogen-bond acceptors (Lipinski definition) is 7. The fourth-order valence-corrected chi connectivity index (χ4v) is 4.24. The van der Waals surface area contributed by atoms with Crippen molar-refractivity contribution in [3.8, 4) is 0 Å². The summed E-state index contributed by atoms with van der Waals surface area (Å²) in [6.07, 6.45) is 0. The molecule has 3 rings (SSSR count). The van der Waals surface area contributed by atoms with E-state index in [1.807, 2.05) is 17.6 Å². The zero-order valence-electron chi connectivity index (χ0n) is 16.8. The fraction of sp³-hybridized carbons (Fsp3) is 0.250. The molecule has 1 amide bonds. The Morgan fingerprint density at radius 1 is 1.26 bits per heavy atom. The SMILES string of the molecule is CCOC(=O)c1ccc2c(c1)nc(SCC(=O)Nc1ccc([N+](=O)[O-])cc1Br)n2CC. The van der Waals surface area contributed by atoms with Crippen molar-refractivity contribution in [2.75, 3.05) is 17.7 Å². The molecule has 1 N–H and O–H groups in total. The van der Waals surface area contributed by atoms with E-state index < -0.39 is 10.9 Å². The Labute approximate surface area is 190 Å². The van der Waals surface area contributed by atoms with Gasteiger partial charge in [0, 0.05) is 23.2 Å². The fourth-order valence-electron chi connectivity index (χ4n) is 2.90. The maximum Gasteiger partial charge on any atom is 0.338 e. The molecule has 0 bridgehead atoms. The second-order valence-electron chi connectivity index (χ2n) is 6.32. The molecule has 31 heavy (non-hydrogen) atoms. The lowest BCUT2D eigenvalue weighted by Gasteiger charge is -2.08. The number of nitrogens with one attached hydrogen (secondary N) is 1.